The van der Waals surface area contributed by atoms with E-state index in [9.17, 15) is 40.2 Å². The van der Waals surface area contributed by atoms with E-state index in [0.717, 1.165) is 28.4 Å². The number of ether oxygens (including phenoxy) is 4. The summed E-state index contributed by atoms with van der Waals surface area (Å²) in [5.74, 6) is -5.90. The van der Waals surface area contributed by atoms with E-state index in [2.05, 4.69) is 18.9 Å². The molecule has 0 aromatic carbocycles. The second kappa shape index (κ2) is 8.55. The third-order valence-corrected chi connectivity index (χ3v) is 4.29. The largest absolute Gasteiger partial charge is 0.466 e. The van der Waals surface area contributed by atoms with Crippen molar-refractivity contribution in [2.45, 2.75) is 0 Å². The summed E-state index contributed by atoms with van der Waals surface area (Å²) < 4.78 is 18.1. The lowest BCUT2D eigenvalue weighted by Crippen LogP contribution is -2.51. The van der Waals surface area contributed by atoms with Crippen molar-refractivity contribution in [1.29, 1.82) is 21.0 Å². The summed E-state index contributed by atoms with van der Waals surface area (Å²) >= 11 is 0. The Morgan fingerprint density at radius 3 is 0.967 bits per heavy atom. The normalized spacial score (nSPS) is 16.0. The van der Waals surface area contributed by atoms with Gasteiger partial charge in [-0.15, -0.1) is 0 Å². The van der Waals surface area contributed by atoms with E-state index < -0.39 is 57.0 Å². The smallest absolute Gasteiger partial charge is 0.339 e. The molecule has 30 heavy (non-hydrogen) atoms. The fourth-order valence-corrected chi connectivity index (χ4v) is 2.94. The summed E-state index contributed by atoms with van der Waals surface area (Å²) in [6.07, 6.45) is 0. The molecule has 0 saturated heterocycles. The summed E-state index contributed by atoms with van der Waals surface area (Å²) in [5, 5.41) is 39.3. The first-order chi connectivity index (χ1) is 14.2. The molecule has 0 amide bonds. The van der Waals surface area contributed by atoms with Gasteiger partial charge in [-0.25, -0.2) is 19.2 Å². The second-order valence-electron chi connectivity index (χ2n) is 5.41. The Morgan fingerprint density at radius 2 is 0.800 bits per heavy atom. The Morgan fingerprint density at radius 1 is 0.567 bits per heavy atom. The molecule has 1 aliphatic rings. The maximum Gasteiger partial charge on any atom is 0.339 e. The highest BCUT2D eigenvalue weighted by atomic mass is 16.5. The monoisotopic (exact) mass is 412 g/mol. The second-order valence-corrected chi connectivity index (χ2v) is 5.41. The predicted octanol–water partition coefficient (Wildman–Crippen LogP) is -0.648. The third-order valence-electron chi connectivity index (χ3n) is 4.29. The lowest BCUT2D eigenvalue weighted by Gasteiger charge is -2.38. The Bertz CT molecular complexity index is 957. The van der Waals surface area contributed by atoms with E-state index in [-0.39, 0.29) is 0 Å². The highest BCUT2D eigenvalue weighted by Gasteiger charge is 2.68. The molecule has 0 N–H and O–H groups in total. The first kappa shape index (κ1) is 23.4. The van der Waals surface area contributed by atoms with Gasteiger partial charge in [0, 0.05) is 0 Å². The van der Waals surface area contributed by atoms with Crippen molar-refractivity contribution < 1.29 is 38.1 Å². The first-order valence-electron chi connectivity index (χ1n) is 7.66. The van der Waals surface area contributed by atoms with E-state index in [0.29, 0.717) is 0 Å². The molecule has 0 unspecified atom stereocenters. The number of esters is 4. The summed E-state index contributed by atoms with van der Waals surface area (Å²) in [7, 11) is 3.32. The number of nitrogens with zero attached hydrogens (tertiary/aromatic N) is 4. The highest BCUT2D eigenvalue weighted by Crippen LogP contribution is 2.56. The van der Waals surface area contributed by atoms with Crippen LogP contribution in [-0.4, -0.2) is 52.3 Å². The summed E-state index contributed by atoms with van der Waals surface area (Å²) in [5.41, 5.74) is -10.6. The van der Waals surface area contributed by atoms with Gasteiger partial charge in [-0.2, -0.15) is 21.0 Å². The van der Waals surface area contributed by atoms with Crippen LogP contribution < -0.4 is 0 Å². The Balaban J connectivity index is 4.67. The Labute approximate surface area is 169 Å². The van der Waals surface area contributed by atoms with Crippen molar-refractivity contribution in [1.82, 2.24) is 0 Å². The number of rotatable bonds is 4. The lowest BCUT2D eigenvalue weighted by atomic mass is 9.53. The number of hydrogen-bond donors (Lipinski definition) is 0. The minimum Gasteiger partial charge on any atom is -0.466 e. The van der Waals surface area contributed by atoms with E-state index in [1.165, 1.54) is 24.3 Å². The molecular weight excluding hydrogens is 400 g/mol. The van der Waals surface area contributed by atoms with E-state index >= 15 is 0 Å². The molecule has 0 bridgehead atoms. The van der Waals surface area contributed by atoms with Crippen LogP contribution in [0.25, 0.3) is 0 Å². The summed E-state index contributed by atoms with van der Waals surface area (Å²) in [4.78, 5) is 50.2. The number of methoxy groups -OCH3 is 4. The van der Waals surface area contributed by atoms with Gasteiger partial charge >= 0.3 is 23.9 Å². The number of carbonyl (C=O) groups excluding carboxylic acids is 4. The van der Waals surface area contributed by atoms with E-state index in [1.807, 2.05) is 0 Å². The van der Waals surface area contributed by atoms with Gasteiger partial charge in [-0.3, -0.25) is 0 Å². The number of nitriles is 4. The van der Waals surface area contributed by atoms with Crippen LogP contribution in [0.5, 0.6) is 0 Å². The van der Waals surface area contributed by atoms with Crippen LogP contribution in [0.1, 0.15) is 0 Å². The average molecular weight is 412 g/mol. The maximum absolute atomic E-state index is 12.6. The van der Waals surface area contributed by atoms with Crippen LogP contribution in [0.15, 0.2) is 22.3 Å². The van der Waals surface area contributed by atoms with Crippen molar-refractivity contribution in [3.8, 4) is 24.3 Å². The molecule has 0 fully saturated rings. The molecule has 0 heterocycles. The SMILES string of the molecule is COC(=O)C1=C(C(=O)OC)C(C#N)(C#N)C(C#N)(C#N)C(C(=O)OC)=C1C(=O)OC. The van der Waals surface area contributed by atoms with E-state index in [1.54, 1.807) is 0 Å². The summed E-state index contributed by atoms with van der Waals surface area (Å²) in [6, 6.07) is 5.42. The van der Waals surface area contributed by atoms with Gasteiger partial charge < -0.3 is 18.9 Å². The van der Waals surface area contributed by atoms with Crippen LogP contribution in [0.2, 0.25) is 0 Å². The van der Waals surface area contributed by atoms with Crippen LogP contribution in [0.4, 0.5) is 0 Å². The van der Waals surface area contributed by atoms with Gasteiger partial charge in [0.2, 0.25) is 10.8 Å². The molecule has 0 radical (unpaired) electrons. The molecule has 1 aliphatic carbocycles. The first-order valence-corrected chi connectivity index (χ1v) is 7.66. The van der Waals surface area contributed by atoms with Crippen molar-refractivity contribution in [3.63, 3.8) is 0 Å². The third kappa shape index (κ3) is 2.81. The van der Waals surface area contributed by atoms with Gasteiger partial charge in [0.15, 0.2) is 0 Å². The molecule has 12 nitrogen and oxygen atoms in total. The van der Waals surface area contributed by atoms with Crippen LogP contribution >= 0.6 is 0 Å². The van der Waals surface area contributed by atoms with Crippen LogP contribution in [0.3, 0.4) is 0 Å². The quantitative estimate of drug-likeness (QED) is 0.418. The predicted molar refractivity (Wildman–Crippen MR) is 89.4 cm³/mol. The van der Waals surface area contributed by atoms with Crippen molar-refractivity contribution in [3.05, 3.63) is 22.3 Å². The Kier molecular flexibility index (Phi) is 6.66. The van der Waals surface area contributed by atoms with Crippen molar-refractivity contribution in [2.75, 3.05) is 28.4 Å². The molecular formula is C18H12N4O8. The zero-order chi connectivity index (χ0) is 23.3. The zero-order valence-corrected chi connectivity index (χ0v) is 16.1. The minimum atomic E-state index is -3.09. The summed E-state index contributed by atoms with van der Waals surface area (Å²) in [6.45, 7) is 0. The molecule has 0 aromatic rings. The fourth-order valence-electron chi connectivity index (χ4n) is 2.94. The fraction of sp³-hybridized carbons (Fsp3) is 0.333. The van der Waals surface area contributed by atoms with Gasteiger partial charge in [0.05, 0.1) is 75.0 Å². The van der Waals surface area contributed by atoms with Gasteiger partial charge in [-0.1, -0.05) is 0 Å². The Hall–Kier alpha value is -4.68. The standard InChI is InChI=1S/C18H12N4O8/c1-27-13(23)9-10(14(24)28-2)12(16(26)30-4)18(7-21,8-22)17(5-19,6-20)11(9)15(25)29-3/h1-4H3. The molecule has 0 aliphatic heterocycles. The van der Waals surface area contributed by atoms with Crippen molar-refractivity contribution in [2.24, 2.45) is 10.8 Å². The van der Waals surface area contributed by atoms with Gasteiger partial charge in [-0.05, 0) is 0 Å². The number of carbonyl (C=O) groups is 4. The molecule has 0 saturated carbocycles. The molecule has 1 rings (SSSR count). The van der Waals surface area contributed by atoms with Crippen LogP contribution in [0, 0.1) is 56.2 Å². The highest BCUT2D eigenvalue weighted by molar-refractivity contribution is 6.18. The number of hydrogen-bond acceptors (Lipinski definition) is 12. The van der Waals surface area contributed by atoms with Gasteiger partial charge in [0.1, 0.15) is 0 Å². The maximum atomic E-state index is 12.6. The van der Waals surface area contributed by atoms with Crippen molar-refractivity contribution >= 4 is 23.9 Å². The molecule has 0 spiro atoms. The lowest BCUT2D eigenvalue weighted by molar-refractivity contribution is -0.143. The average Bonchev–Trinajstić information content (AvgIpc) is 2.79. The molecule has 152 valence electrons. The zero-order valence-electron chi connectivity index (χ0n) is 16.1. The topological polar surface area (TPSA) is 200 Å². The molecule has 12 heteroatoms. The van der Waals surface area contributed by atoms with Crippen LogP contribution in [-0.2, 0) is 38.1 Å². The molecule has 0 atom stereocenters. The van der Waals surface area contributed by atoms with E-state index in [4.69, 9.17) is 0 Å². The molecule has 0 aromatic heterocycles. The van der Waals surface area contributed by atoms with Gasteiger partial charge in [0.25, 0.3) is 0 Å². The minimum absolute atomic E-state index is 0.821.